The summed E-state index contributed by atoms with van der Waals surface area (Å²) in [4.78, 5) is 0. The lowest BCUT2D eigenvalue weighted by atomic mass is 9.76. The first kappa shape index (κ1) is 10.3. The van der Waals surface area contributed by atoms with Crippen LogP contribution in [0, 0.1) is 12.3 Å². The Morgan fingerprint density at radius 1 is 1.13 bits per heavy atom. The molecule has 0 saturated heterocycles. The van der Waals surface area contributed by atoms with Crippen LogP contribution in [0.4, 0.5) is 0 Å². The lowest BCUT2D eigenvalue weighted by molar-refractivity contribution is 0.302. The fourth-order valence-corrected chi connectivity index (χ4v) is 2.50. The Bertz CT molecular complexity index is 381. The minimum Gasteiger partial charge on any atom is -0.321 e. The van der Waals surface area contributed by atoms with Crippen molar-refractivity contribution in [1.29, 1.82) is 0 Å². The van der Waals surface area contributed by atoms with Crippen LogP contribution < -0.4 is 5.73 Å². The highest BCUT2D eigenvalue weighted by atomic mass is 14.7. The molecule has 0 bridgehead atoms. The first-order chi connectivity index (χ1) is 7.26. The highest BCUT2D eigenvalue weighted by Gasteiger charge is 2.30. The molecule has 1 aliphatic carbocycles. The van der Waals surface area contributed by atoms with Crippen molar-refractivity contribution in [3.8, 4) is 12.3 Å². The summed E-state index contributed by atoms with van der Waals surface area (Å²) in [6, 6.07) is 8.07. The Morgan fingerprint density at radius 2 is 1.80 bits per heavy atom. The molecule has 1 fully saturated rings. The van der Waals surface area contributed by atoms with Gasteiger partial charge in [-0.2, -0.15) is 0 Å². The maximum Gasteiger partial charge on any atom is 0.0422 e. The minimum absolute atomic E-state index is 0.179. The number of rotatable bonds is 1. The van der Waals surface area contributed by atoms with Gasteiger partial charge in [-0.25, -0.2) is 0 Å². The SMILES string of the molecule is C#Cc1ccccc1C1(N)CCCCC1. The van der Waals surface area contributed by atoms with Crippen molar-refractivity contribution >= 4 is 0 Å². The second-order valence-electron chi connectivity index (χ2n) is 4.41. The van der Waals surface area contributed by atoms with Crippen molar-refractivity contribution in [3.63, 3.8) is 0 Å². The lowest BCUT2D eigenvalue weighted by Crippen LogP contribution is -2.39. The highest BCUT2D eigenvalue weighted by Crippen LogP contribution is 2.35. The van der Waals surface area contributed by atoms with Gasteiger partial charge in [0.2, 0.25) is 0 Å². The Hall–Kier alpha value is -1.26. The molecular weight excluding hydrogens is 182 g/mol. The van der Waals surface area contributed by atoms with E-state index in [1.165, 1.54) is 19.3 Å². The Labute approximate surface area is 91.7 Å². The third-order valence-electron chi connectivity index (χ3n) is 3.36. The van der Waals surface area contributed by atoms with Gasteiger partial charge in [-0.1, -0.05) is 43.4 Å². The molecule has 0 unspecified atom stereocenters. The summed E-state index contributed by atoms with van der Waals surface area (Å²) in [6.07, 6.45) is 11.4. The third kappa shape index (κ3) is 1.91. The monoisotopic (exact) mass is 199 g/mol. The standard InChI is InChI=1S/C14H17N/c1-2-12-8-4-5-9-13(12)14(15)10-6-3-7-11-14/h1,4-5,8-9H,3,6-7,10-11,15H2. The van der Waals surface area contributed by atoms with Crippen molar-refractivity contribution < 1.29 is 0 Å². The van der Waals surface area contributed by atoms with E-state index in [2.05, 4.69) is 12.0 Å². The van der Waals surface area contributed by atoms with E-state index < -0.39 is 0 Å². The van der Waals surface area contributed by atoms with E-state index in [9.17, 15) is 0 Å². The average molecular weight is 199 g/mol. The molecule has 1 aliphatic rings. The van der Waals surface area contributed by atoms with Gasteiger partial charge in [-0.3, -0.25) is 0 Å². The molecule has 0 radical (unpaired) electrons. The maximum absolute atomic E-state index is 6.46. The number of terminal acetylenes is 1. The molecule has 0 aromatic heterocycles. The molecule has 15 heavy (non-hydrogen) atoms. The van der Waals surface area contributed by atoms with Gasteiger partial charge in [0.15, 0.2) is 0 Å². The molecule has 0 aliphatic heterocycles. The summed E-state index contributed by atoms with van der Waals surface area (Å²) in [7, 11) is 0. The summed E-state index contributed by atoms with van der Waals surface area (Å²) in [5.41, 5.74) is 8.40. The van der Waals surface area contributed by atoms with Crippen molar-refractivity contribution in [2.75, 3.05) is 0 Å². The van der Waals surface area contributed by atoms with Gasteiger partial charge in [0, 0.05) is 11.1 Å². The molecule has 1 heteroatoms. The van der Waals surface area contributed by atoms with Crippen LogP contribution in [-0.4, -0.2) is 0 Å². The molecule has 1 saturated carbocycles. The molecular formula is C14H17N. The van der Waals surface area contributed by atoms with Crippen LogP contribution in [0.3, 0.4) is 0 Å². The van der Waals surface area contributed by atoms with Crippen LogP contribution in [-0.2, 0) is 5.54 Å². The Kier molecular flexibility index (Phi) is 2.79. The molecule has 0 atom stereocenters. The van der Waals surface area contributed by atoms with Crippen molar-refractivity contribution in [1.82, 2.24) is 0 Å². The van der Waals surface area contributed by atoms with Crippen LogP contribution in [0.5, 0.6) is 0 Å². The first-order valence-electron chi connectivity index (χ1n) is 5.61. The van der Waals surface area contributed by atoms with E-state index in [-0.39, 0.29) is 5.54 Å². The summed E-state index contributed by atoms with van der Waals surface area (Å²) in [5.74, 6) is 2.74. The fraction of sp³-hybridized carbons (Fsp3) is 0.429. The predicted molar refractivity (Wildman–Crippen MR) is 63.3 cm³/mol. The molecule has 0 amide bonds. The van der Waals surface area contributed by atoms with Crippen LogP contribution >= 0.6 is 0 Å². The van der Waals surface area contributed by atoms with Gasteiger partial charge in [-0.15, -0.1) is 6.42 Å². The normalized spacial score (nSPS) is 19.5. The summed E-state index contributed by atoms with van der Waals surface area (Å²) in [6.45, 7) is 0. The lowest BCUT2D eigenvalue weighted by Gasteiger charge is -2.34. The molecule has 0 spiro atoms. The molecule has 78 valence electrons. The van der Waals surface area contributed by atoms with Gasteiger partial charge in [0.1, 0.15) is 0 Å². The van der Waals surface area contributed by atoms with Gasteiger partial charge in [0.25, 0.3) is 0 Å². The van der Waals surface area contributed by atoms with E-state index in [1.54, 1.807) is 0 Å². The van der Waals surface area contributed by atoms with E-state index in [4.69, 9.17) is 12.2 Å². The number of hydrogen-bond acceptors (Lipinski definition) is 1. The zero-order chi connectivity index (χ0) is 10.7. The third-order valence-corrected chi connectivity index (χ3v) is 3.36. The number of hydrogen-bond donors (Lipinski definition) is 1. The van der Waals surface area contributed by atoms with Crippen molar-refractivity contribution in [2.24, 2.45) is 5.73 Å². The van der Waals surface area contributed by atoms with Crippen LogP contribution in [0.25, 0.3) is 0 Å². The second-order valence-corrected chi connectivity index (χ2v) is 4.41. The van der Waals surface area contributed by atoms with Crippen LogP contribution in [0.2, 0.25) is 0 Å². The fourth-order valence-electron chi connectivity index (χ4n) is 2.50. The highest BCUT2D eigenvalue weighted by molar-refractivity contribution is 5.43. The average Bonchev–Trinajstić information content (AvgIpc) is 2.30. The van der Waals surface area contributed by atoms with Crippen LogP contribution in [0.1, 0.15) is 43.2 Å². The van der Waals surface area contributed by atoms with Crippen LogP contribution in [0.15, 0.2) is 24.3 Å². The van der Waals surface area contributed by atoms with Gasteiger partial charge < -0.3 is 5.73 Å². The number of nitrogens with two attached hydrogens (primary N) is 1. The predicted octanol–water partition coefficient (Wildman–Crippen LogP) is 2.79. The Morgan fingerprint density at radius 3 is 2.47 bits per heavy atom. The molecule has 2 rings (SSSR count). The van der Waals surface area contributed by atoms with E-state index in [0.717, 1.165) is 24.0 Å². The first-order valence-corrected chi connectivity index (χ1v) is 5.61. The topological polar surface area (TPSA) is 26.0 Å². The van der Waals surface area contributed by atoms with Crippen molar-refractivity contribution in [3.05, 3.63) is 35.4 Å². The number of benzene rings is 1. The summed E-state index contributed by atoms with van der Waals surface area (Å²) >= 11 is 0. The summed E-state index contributed by atoms with van der Waals surface area (Å²) < 4.78 is 0. The Balaban J connectivity index is 2.39. The molecule has 1 nitrogen and oxygen atoms in total. The van der Waals surface area contributed by atoms with Gasteiger partial charge >= 0.3 is 0 Å². The van der Waals surface area contributed by atoms with Gasteiger partial charge in [0.05, 0.1) is 0 Å². The minimum atomic E-state index is -0.179. The largest absolute Gasteiger partial charge is 0.321 e. The van der Waals surface area contributed by atoms with Crippen molar-refractivity contribution in [2.45, 2.75) is 37.6 Å². The van der Waals surface area contributed by atoms with E-state index in [0.29, 0.717) is 0 Å². The van der Waals surface area contributed by atoms with E-state index >= 15 is 0 Å². The maximum atomic E-state index is 6.46. The van der Waals surface area contributed by atoms with E-state index in [1.807, 2.05) is 18.2 Å². The molecule has 2 N–H and O–H groups in total. The molecule has 1 aromatic rings. The van der Waals surface area contributed by atoms with Gasteiger partial charge in [-0.05, 0) is 24.5 Å². The zero-order valence-corrected chi connectivity index (χ0v) is 9.00. The summed E-state index contributed by atoms with van der Waals surface area (Å²) in [5, 5.41) is 0. The molecule has 1 aromatic carbocycles. The zero-order valence-electron chi connectivity index (χ0n) is 9.00. The quantitative estimate of drug-likeness (QED) is 0.691. The smallest absolute Gasteiger partial charge is 0.0422 e. The second kappa shape index (κ2) is 4.08. The molecule has 0 heterocycles.